The fourth-order valence-electron chi connectivity index (χ4n) is 1.81. The van der Waals surface area contributed by atoms with E-state index < -0.39 is 0 Å². The van der Waals surface area contributed by atoms with Crippen LogP contribution in [0, 0.1) is 12.1 Å². The Morgan fingerprint density at radius 3 is 2.85 bits per heavy atom. The minimum Gasteiger partial charge on any atom is -0.362 e. The summed E-state index contributed by atoms with van der Waals surface area (Å²) < 4.78 is 0. The Morgan fingerprint density at radius 2 is 2.23 bits per heavy atom. The molecule has 0 amide bonds. The first-order valence-corrected chi connectivity index (χ1v) is 4.96. The third-order valence-corrected chi connectivity index (χ3v) is 2.81. The van der Waals surface area contributed by atoms with Gasteiger partial charge in [0, 0.05) is 19.3 Å². The lowest BCUT2D eigenvalue weighted by atomic mass is 9.99. The van der Waals surface area contributed by atoms with Crippen LogP contribution in [0.1, 0.15) is 19.8 Å². The summed E-state index contributed by atoms with van der Waals surface area (Å²) in [5, 5.41) is 3.17. The molecule has 0 aromatic rings. The maximum atomic E-state index is 4.09. The third-order valence-electron chi connectivity index (χ3n) is 2.81. The molecule has 0 bridgehead atoms. The summed E-state index contributed by atoms with van der Waals surface area (Å²) in [7, 11) is 0. The first kappa shape index (κ1) is 8.75. The van der Waals surface area contributed by atoms with Crippen LogP contribution in [0.4, 0.5) is 0 Å². The van der Waals surface area contributed by atoms with Gasteiger partial charge in [0.25, 0.3) is 0 Å². The Morgan fingerprint density at radius 1 is 1.46 bits per heavy atom. The van der Waals surface area contributed by atoms with E-state index in [0.29, 0.717) is 0 Å². The molecular formula is C10H16N3. The summed E-state index contributed by atoms with van der Waals surface area (Å²) in [5.41, 5.74) is 0. The normalized spacial score (nSPS) is 30.4. The molecule has 2 aliphatic heterocycles. The van der Waals surface area contributed by atoms with Crippen molar-refractivity contribution in [3.63, 3.8) is 0 Å². The summed E-state index contributed by atoms with van der Waals surface area (Å²) in [4.78, 5) is 6.51. The van der Waals surface area contributed by atoms with Gasteiger partial charge in [0.05, 0.1) is 12.4 Å². The van der Waals surface area contributed by atoms with E-state index in [4.69, 9.17) is 0 Å². The number of nitrogens with one attached hydrogen (secondary N) is 1. The van der Waals surface area contributed by atoms with Crippen LogP contribution < -0.4 is 5.32 Å². The molecule has 1 radical (unpaired) electrons. The van der Waals surface area contributed by atoms with Gasteiger partial charge in [0.1, 0.15) is 6.17 Å². The largest absolute Gasteiger partial charge is 0.362 e. The molecule has 2 rings (SSSR count). The lowest BCUT2D eigenvalue weighted by molar-refractivity contribution is 0.159. The molecule has 1 unspecified atom stereocenters. The van der Waals surface area contributed by atoms with E-state index in [9.17, 15) is 0 Å². The Labute approximate surface area is 79.5 Å². The van der Waals surface area contributed by atoms with Crippen molar-refractivity contribution >= 4 is 6.21 Å². The SMILES string of the molecule is CC1CCN(C2C=NC=[C]N2)CC1. The molecule has 0 aromatic carbocycles. The Kier molecular flexibility index (Phi) is 2.64. The van der Waals surface area contributed by atoms with Gasteiger partial charge in [0.2, 0.25) is 0 Å². The first-order chi connectivity index (χ1) is 6.36. The zero-order chi connectivity index (χ0) is 9.10. The molecular weight excluding hydrogens is 162 g/mol. The minimum atomic E-state index is 0.275. The lowest BCUT2D eigenvalue weighted by Crippen LogP contribution is -2.49. The van der Waals surface area contributed by atoms with Gasteiger partial charge in [-0.15, -0.1) is 0 Å². The Balaban J connectivity index is 1.87. The summed E-state index contributed by atoms with van der Waals surface area (Å²) in [5.74, 6) is 0.885. The Hall–Kier alpha value is -0.830. The maximum absolute atomic E-state index is 4.09. The molecule has 0 saturated carbocycles. The molecule has 3 nitrogen and oxygen atoms in total. The number of hydrogen-bond acceptors (Lipinski definition) is 3. The van der Waals surface area contributed by atoms with Gasteiger partial charge in [-0.05, 0) is 18.8 Å². The first-order valence-electron chi connectivity index (χ1n) is 4.96. The van der Waals surface area contributed by atoms with Gasteiger partial charge in [-0.3, -0.25) is 9.89 Å². The maximum Gasteiger partial charge on any atom is 0.116 e. The van der Waals surface area contributed by atoms with Crippen LogP contribution >= 0.6 is 0 Å². The zero-order valence-corrected chi connectivity index (χ0v) is 8.03. The minimum absolute atomic E-state index is 0.275. The van der Waals surface area contributed by atoms with Crippen LogP contribution in [0.15, 0.2) is 11.2 Å². The van der Waals surface area contributed by atoms with E-state index >= 15 is 0 Å². The van der Waals surface area contributed by atoms with E-state index in [1.807, 2.05) is 6.21 Å². The summed E-state index contributed by atoms with van der Waals surface area (Å²) in [6, 6.07) is 0. The standard InChI is InChI=1S/C10H16N3/c1-9-2-6-13(7-3-9)10-8-11-4-5-12-10/h4,8-10,12H,2-3,6-7H2,1H3. The zero-order valence-electron chi connectivity index (χ0n) is 8.03. The monoisotopic (exact) mass is 178 g/mol. The topological polar surface area (TPSA) is 27.6 Å². The van der Waals surface area contributed by atoms with Gasteiger partial charge in [-0.25, -0.2) is 0 Å². The molecule has 13 heavy (non-hydrogen) atoms. The number of nitrogens with zero attached hydrogens (tertiary/aromatic N) is 2. The quantitative estimate of drug-likeness (QED) is 0.648. The van der Waals surface area contributed by atoms with Gasteiger partial charge in [-0.2, -0.15) is 0 Å². The van der Waals surface area contributed by atoms with Crippen molar-refractivity contribution in [1.82, 2.24) is 10.2 Å². The molecule has 3 heteroatoms. The highest BCUT2D eigenvalue weighted by molar-refractivity contribution is 5.65. The highest BCUT2D eigenvalue weighted by Gasteiger charge is 2.21. The van der Waals surface area contributed by atoms with Crippen LogP contribution in [0.3, 0.4) is 0 Å². The summed E-state index contributed by atoms with van der Waals surface area (Å²) >= 11 is 0. The van der Waals surface area contributed by atoms with Crippen LogP contribution in [0.25, 0.3) is 0 Å². The van der Waals surface area contributed by atoms with Crippen LogP contribution in [0.5, 0.6) is 0 Å². The summed E-state index contributed by atoms with van der Waals surface area (Å²) in [6.45, 7) is 4.67. The highest BCUT2D eigenvalue weighted by atomic mass is 15.3. The fraction of sp³-hybridized carbons (Fsp3) is 0.700. The van der Waals surface area contributed by atoms with E-state index in [1.54, 1.807) is 6.20 Å². The van der Waals surface area contributed by atoms with Gasteiger partial charge in [-0.1, -0.05) is 6.92 Å². The third kappa shape index (κ3) is 2.10. The predicted octanol–water partition coefficient (Wildman–Crippen LogP) is 0.993. The molecule has 0 spiro atoms. The number of hydrogen-bond donors (Lipinski definition) is 1. The number of aliphatic imine (C=N–C) groups is 1. The van der Waals surface area contributed by atoms with Gasteiger partial charge in [0.15, 0.2) is 0 Å². The van der Waals surface area contributed by atoms with Crippen LogP contribution in [-0.2, 0) is 0 Å². The average molecular weight is 178 g/mol. The smallest absolute Gasteiger partial charge is 0.116 e. The number of rotatable bonds is 1. The van der Waals surface area contributed by atoms with Gasteiger partial charge >= 0.3 is 0 Å². The predicted molar refractivity (Wildman–Crippen MR) is 53.2 cm³/mol. The molecule has 2 aliphatic rings. The van der Waals surface area contributed by atoms with Crippen molar-refractivity contribution in [1.29, 1.82) is 0 Å². The fourth-order valence-corrected chi connectivity index (χ4v) is 1.81. The van der Waals surface area contributed by atoms with Crippen molar-refractivity contribution in [2.45, 2.75) is 25.9 Å². The second kappa shape index (κ2) is 3.92. The molecule has 1 fully saturated rings. The van der Waals surface area contributed by atoms with Gasteiger partial charge < -0.3 is 5.32 Å². The molecule has 0 aliphatic carbocycles. The number of likely N-dealkylation sites (tertiary alicyclic amines) is 1. The second-order valence-electron chi connectivity index (χ2n) is 3.88. The van der Waals surface area contributed by atoms with Crippen molar-refractivity contribution in [3.8, 4) is 0 Å². The lowest BCUT2D eigenvalue weighted by Gasteiger charge is -2.35. The van der Waals surface area contributed by atoms with Crippen molar-refractivity contribution in [2.24, 2.45) is 10.9 Å². The molecule has 1 atom stereocenters. The van der Waals surface area contributed by atoms with Crippen molar-refractivity contribution in [3.05, 3.63) is 12.4 Å². The Bertz CT molecular complexity index is 214. The van der Waals surface area contributed by atoms with Crippen LogP contribution in [-0.4, -0.2) is 30.4 Å². The van der Waals surface area contributed by atoms with Crippen molar-refractivity contribution < 1.29 is 0 Å². The van der Waals surface area contributed by atoms with Crippen molar-refractivity contribution in [2.75, 3.05) is 13.1 Å². The van der Waals surface area contributed by atoms with E-state index in [0.717, 1.165) is 5.92 Å². The van der Waals surface area contributed by atoms with E-state index in [1.165, 1.54) is 25.9 Å². The molecule has 1 saturated heterocycles. The highest BCUT2D eigenvalue weighted by Crippen LogP contribution is 2.17. The summed E-state index contributed by atoms with van der Waals surface area (Å²) in [6.07, 6.45) is 9.43. The van der Waals surface area contributed by atoms with Crippen LogP contribution in [0.2, 0.25) is 0 Å². The molecule has 2 heterocycles. The molecule has 1 N–H and O–H groups in total. The van der Waals surface area contributed by atoms with E-state index in [-0.39, 0.29) is 6.17 Å². The molecule has 0 aromatic heterocycles. The second-order valence-corrected chi connectivity index (χ2v) is 3.88. The molecule has 71 valence electrons. The van der Waals surface area contributed by atoms with E-state index in [2.05, 4.69) is 28.3 Å². The number of piperidine rings is 1. The average Bonchev–Trinajstić information content (AvgIpc) is 2.20.